The SMILES string of the molecule is O=C1CSC(=Nc2cc(Cl)c(Cl)cc2Cl)N1CCc1ccccc1. The number of amidine groups is 1. The zero-order chi connectivity index (χ0) is 17.1. The number of hydrogen-bond acceptors (Lipinski definition) is 3. The summed E-state index contributed by atoms with van der Waals surface area (Å²) in [4.78, 5) is 18.4. The van der Waals surface area contributed by atoms with E-state index in [1.165, 1.54) is 17.3 Å². The van der Waals surface area contributed by atoms with Crippen molar-refractivity contribution in [1.82, 2.24) is 4.90 Å². The first-order valence-electron chi connectivity index (χ1n) is 7.25. The van der Waals surface area contributed by atoms with Crippen LogP contribution in [0.1, 0.15) is 5.56 Å². The second kappa shape index (κ2) is 7.79. The summed E-state index contributed by atoms with van der Waals surface area (Å²) in [6.45, 7) is 0.577. The molecule has 1 saturated heterocycles. The standard InChI is InChI=1S/C17H13Cl3N2OS/c18-12-8-14(20)15(9-13(12)19)21-17-22(16(23)10-24-17)7-6-11-4-2-1-3-5-11/h1-5,8-9H,6-7,10H2. The third-order valence-corrected chi connectivity index (χ3v) is 5.52. The van der Waals surface area contributed by atoms with Gasteiger partial charge in [0.25, 0.3) is 0 Å². The fraction of sp³-hybridized carbons (Fsp3) is 0.176. The average molecular weight is 400 g/mol. The van der Waals surface area contributed by atoms with Crippen molar-refractivity contribution in [2.45, 2.75) is 6.42 Å². The largest absolute Gasteiger partial charge is 0.290 e. The first-order chi connectivity index (χ1) is 11.5. The average Bonchev–Trinajstić information content (AvgIpc) is 2.91. The van der Waals surface area contributed by atoms with E-state index in [1.807, 2.05) is 30.3 Å². The summed E-state index contributed by atoms with van der Waals surface area (Å²) in [6, 6.07) is 13.2. The maximum Gasteiger partial charge on any atom is 0.239 e. The third-order valence-electron chi connectivity index (χ3n) is 3.53. The Morgan fingerprint density at radius 3 is 2.50 bits per heavy atom. The summed E-state index contributed by atoms with van der Waals surface area (Å²) < 4.78 is 0. The monoisotopic (exact) mass is 398 g/mol. The van der Waals surface area contributed by atoms with Gasteiger partial charge >= 0.3 is 0 Å². The Hall–Kier alpha value is -1.20. The summed E-state index contributed by atoms with van der Waals surface area (Å²) in [5, 5.41) is 1.79. The van der Waals surface area contributed by atoms with Crippen molar-refractivity contribution in [3.63, 3.8) is 0 Å². The molecule has 1 heterocycles. The van der Waals surface area contributed by atoms with Crippen LogP contribution in [0.3, 0.4) is 0 Å². The van der Waals surface area contributed by atoms with Crippen LogP contribution in [0, 0.1) is 0 Å². The zero-order valence-corrected chi connectivity index (χ0v) is 15.6. The molecule has 1 fully saturated rings. The number of hydrogen-bond donors (Lipinski definition) is 0. The van der Waals surface area contributed by atoms with E-state index in [1.54, 1.807) is 17.0 Å². The quantitative estimate of drug-likeness (QED) is 0.640. The molecule has 1 amide bonds. The van der Waals surface area contributed by atoms with Crippen molar-refractivity contribution in [3.05, 3.63) is 63.1 Å². The lowest BCUT2D eigenvalue weighted by Gasteiger charge is -2.16. The summed E-state index contributed by atoms with van der Waals surface area (Å²) in [6.07, 6.45) is 0.765. The van der Waals surface area contributed by atoms with Gasteiger partial charge in [-0.15, -0.1) is 0 Å². The molecule has 1 aliphatic heterocycles. The lowest BCUT2D eigenvalue weighted by Crippen LogP contribution is -2.31. The van der Waals surface area contributed by atoms with Crippen LogP contribution < -0.4 is 0 Å². The predicted octanol–water partition coefficient (Wildman–Crippen LogP) is 5.45. The van der Waals surface area contributed by atoms with E-state index in [9.17, 15) is 4.79 Å². The number of nitrogens with zero attached hydrogens (tertiary/aromatic N) is 2. The number of aliphatic imine (C=N–C) groups is 1. The smallest absolute Gasteiger partial charge is 0.239 e. The van der Waals surface area contributed by atoms with E-state index in [-0.39, 0.29) is 5.91 Å². The summed E-state index contributed by atoms with van der Waals surface area (Å²) in [5.74, 6) is 0.429. The second-order valence-corrected chi connectivity index (χ2v) is 7.35. The fourth-order valence-corrected chi connectivity index (χ4v) is 3.79. The molecular formula is C17H13Cl3N2OS. The third kappa shape index (κ3) is 4.06. The van der Waals surface area contributed by atoms with Crippen molar-refractivity contribution in [2.75, 3.05) is 12.3 Å². The molecule has 0 unspecified atom stereocenters. The maximum atomic E-state index is 12.1. The summed E-state index contributed by atoms with van der Waals surface area (Å²) in [7, 11) is 0. The van der Waals surface area contributed by atoms with Gasteiger partial charge < -0.3 is 0 Å². The van der Waals surface area contributed by atoms with Crippen molar-refractivity contribution in [1.29, 1.82) is 0 Å². The Morgan fingerprint density at radius 1 is 1.04 bits per heavy atom. The van der Waals surface area contributed by atoms with Crippen LogP contribution in [0.25, 0.3) is 0 Å². The maximum absolute atomic E-state index is 12.1. The lowest BCUT2D eigenvalue weighted by atomic mass is 10.1. The minimum absolute atomic E-state index is 0.0471. The Morgan fingerprint density at radius 2 is 1.75 bits per heavy atom. The molecule has 1 aliphatic rings. The number of benzene rings is 2. The zero-order valence-electron chi connectivity index (χ0n) is 12.5. The van der Waals surface area contributed by atoms with E-state index in [0.717, 1.165) is 6.42 Å². The van der Waals surface area contributed by atoms with Gasteiger partial charge in [-0.1, -0.05) is 76.9 Å². The van der Waals surface area contributed by atoms with Crippen LogP contribution in [0.4, 0.5) is 5.69 Å². The molecule has 7 heteroatoms. The topological polar surface area (TPSA) is 32.7 Å². The molecule has 0 atom stereocenters. The van der Waals surface area contributed by atoms with Gasteiger partial charge in [-0.2, -0.15) is 0 Å². The van der Waals surface area contributed by atoms with E-state index in [0.29, 0.717) is 38.2 Å². The van der Waals surface area contributed by atoms with Crippen molar-refractivity contribution in [3.8, 4) is 0 Å². The Kier molecular flexibility index (Phi) is 5.72. The van der Waals surface area contributed by atoms with Crippen LogP contribution in [0.5, 0.6) is 0 Å². The van der Waals surface area contributed by atoms with E-state index in [4.69, 9.17) is 34.8 Å². The van der Waals surface area contributed by atoms with Crippen molar-refractivity contribution >= 4 is 63.3 Å². The minimum Gasteiger partial charge on any atom is -0.290 e. The van der Waals surface area contributed by atoms with Crippen molar-refractivity contribution in [2.24, 2.45) is 4.99 Å². The molecular weight excluding hydrogens is 387 g/mol. The van der Waals surface area contributed by atoms with Crippen molar-refractivity contribution < 1.29 is 4.79 Å². The number of halogens is 3. The summed E-state index contributed by atoms with van der Waals surface area (Å²) in [5.41, 5.74) is 1.68. The lowest BCUT2D eigenvalue weighted by molar-refractivity contribution is -0.124. The predicted molar refractivity (Wildman–Crippen MR) is 103 cm³/mol. The molecule has 0 bridgehead atoms. The molecule has 24 heavy (non-hydrogen) atoms. The molecule has 0 spiro atoms. The number of carbonyl (C=O) groups is 1. The van der Waals surface area contributed by atoms with Crippen LogP contribution in [-0.4, -0.2) is 28.3 Å². The van der Waals surface area contributed by atoms with E-state index in [2.05, 4.69) is 4.99 Å². The molecule has 0 saturated carbocycles. The van der Waals surface area contributed by atoms with Crippen LogP contribution in [0.15, 0.2) is 47.5 Å². The van der Waals surface area contributed by atoms with Gasteiger partial charge in [0.05, 0.1) is 26.5 Å². The Labute approximate surface area is 159 Å². The number of carbonyl (C=O) groups excluding carboxylic acids is 1. The Balaban J connectivity index is 1.81. The van der Waals surface area contributed by atoms with Gasteiger partial charge in [-0.05, 0) is 24.1 Å². The molecule has 2 aromatic carbocycles. The van der Waals surface area contributed by atoms with Gasteiger partial charge in [0.15, 0.2) is 5.17 Å². The van der Waals surface area contributed by atoms with Gasteiger partial charge in [0.1, 0.15) is 0 Å². The molecule has 3 nitrogen and oxygen atoms in total. The van der Waals surface area contributed by atoms with Gasteiger partial charge in [0, 0.05) is 6.54 Å². The number of rotatable bonds is 4. The van der Waals surface area contributed by atoms with Gasteiger partial charge in [-0.3, -0.25) is 9.69 Å². The van der Waals surface area contributed by atoms with E-state index >= 15 is 0 Å². The minimum atomic E-state index is 0.0471. The highest BCUT2D eigenvalue weighted by molar-refractivity contribution is 8.15. The molecule has 124 valence electrons. The second-order valence-electron chi connectivity index (χ2n) is 5.18. The van der Waals surface area contributed by atoms with Gasteiger partial charge in [0.2, 0.25) is 5.91 Å². The molecule has 0 aliphatic carbocycles. The molecule has 0 N–H and O–H groups in total. The summed E-state index contributed by atoms with van der Waals surface area (Å²) >= 11 is 19.5. The number of thioether (sulfide) groups is 1. The highest BCUT2D eigenvalue weighted by Gasteiger charge is 2.28. The van der Waals surface area contributed by atoms with Crippen LogP contribution in [-0.2, 0) is 11.2 Å². The van der Waals surface area contributed by atoms with E-state index < -0.39 is 0 Å². The molecule has 0 aromatic heterocycles. The molecule has 3 rings (SSSR count). The molecule has 0 radical (unpaired) electrons. The fourth-order valence-electron chi connectivity index (χ4n) is 2.29. The van der Waals surface area contributed by atoms with Crippen LogP contribution in [0.2, 0.25) is 15.1 Å². The first kappa shape index (κ1) is 17.6. The number of amides is 1. The first-order valence-corrected chi connectivity index (χ1v) is 9.37. The normalized spacial score (nSPS) is 16.2. The highest BCUT2D eigenvalue weighted by Crippen LogP contribution is 2.35. The van der Waals surface area contributed by atoms with Gasteiger partial charge in [-0.25, -0.2) is 4.99 Å². The molecule has 2 aromatic rings. The van der Waals surface area contributed by atoms with Crippen LogP contribution >= 0.6 is 46.6 Å². The highest BCUT2D eigenvalue weighted by atomic mass is 35.5. The Bertz CT molecular complexity index is 796.